The molecule has 2 aromatic rings. The predicted octanol–water partition coefficient (Wildman–Crippen LogP) is 2.24. The van der Waals surface area contributed by atoms with Gasteiger partial charge in [-0.25, -0.2) is 0 Å². The van der Waals surface area contributed by atoms with Crippen molar-refractivity contribution in [3.63, 3.8) is 0 Å². The van der Waals surface area contributed by atoms with E-state index in [1.54, 1.807) is 41.3 Å². The van der Waals surface area contributed by atoms with Gasteiger partial charge in [0.15, 0.2) is 11.5 Å². The first kappa shape index (κ1) is 36.5. The molecule has 0 aromatic heterocycles. The van der Waals surface area contributed by atoms with Crippen molar-refractivity contribution in [3.8, 4) is 23.0 Å². The van der Waals surface area contributed by atoms with Crippen LogP contribution in [0, 0.1) is 5.92 Å². The molecule has 0 radical (unpaired) electrons. The van der Waals surface area contributed by atoms with Crippen molar-refractivity contribution in [2.75, 3.05) is 73.6 Å². The van der Waals surface area contributed by atoms with Gasteiger partial charge in [0.2, 0.25) is 17.7 Å². The Morgan fingerprint density at radius 3 is 2.46 bits per heavy atom. The number of fused-ring (bicyclic) bond motifs is 3. The zero-order valence-electron chi connectivity index (χ0n) is 28.8. The van der Waals surface area contributed by atoms with E-state index in [4.69, 9.17) is 14.2 Å². The number of likely N-dealkylation sites (N-methyl/N-ethyl adjacent to an activating group) is 1. The van der Waals surface area contributed by atoms with Gasteiger partial charge < -0.3 is 40.0 Å². The molecule has 0 unspecified atom stereocenters. The third kappa shape index (κ3) is 10.1. The molecule has 13 nitrogen and oxygen atoms in total. The highest BCUT2D eigenvalue weighted by molar-refractivity contribution is 5.95. The van der Waals surface area contributed by atoms with E-state index in [-0.39, 0.29) is 43.3 Å². The van der Waals surface area contributed by atoms with Crippen LogP contribution in [0.3, 0.4) is 0 Å². The van der Waals surface area contributed by atoms with E-state index in [9.17, 15) is 19.2 Å². The third-order valence-electron chi connectivity index (χ3n) is 8.66. The number of ether oxygens (including phenoxy) is 3. The van der Waals surface area contributed by atoms with Crippen LogP contribution in [0.15, 0.2) is 36.4 Å². The van der Waals surface area contributed by atoms with Crippen LogP contribution in [-0.2, 0) is 20.9 Å². The molecule has 4 amide bonds. The highest BCUT2D eigenvalue weighted by atomic mass is 16.5. The van der Waals surface area contributed by atoms with Crippen molar-refractivity contribution in [3.05, 3.63) is 47.5 Å². The van der Waals surface area contributed by atoms with Crippen molar-refractivity contribution in [2.24, 2.45) is 5.92 Å². The average molecular weight is 667 g/mol. The molecule has 2 aliphatic rings. The maximum atomic E-state index is 13.6. The summed E-state index contributed by atoms with van der Waals surface area (Å²) in [6.07, 6.45) is 2.13. The molecule has 262 valence electrons. The maximum absolute atomic E-state index is 13.6. The van der Waals surface area contributed by atoms with Crippen LogP contribution < -0.4 is 30.2 Å². The summed E-state index contributed by atoms with van der Waals surface area (Å²) in [6.45, 7) is 7.94. The second-order valence-corrected chi connectivity index (χ2v) is 12.6. The summed E-state index contributed by atoms with van der Waals surface area (Å²) in [4.78, 5) is 59.6. The van der Waals surface area contributed by atoms with Crippen LogP contribution in [0.25, 0.3) is 0 Å². The lowest BCUT2D eigenvalue weighted by atomic mass is 10.0. The van der Waals surface area contributed by atoms with Crippen LogP contribution in [-0.4, -0.2) is 118 Å². The molecule has 1 fully saturated rings. The molecular formula is C35H50N6O7. The number of nitrogens with zero attached hydrogens (tertiary/aromatic N) is 3. The number of carbonyl (C=O) groups excluding carboxylic acids is 4. The Bertz CT molecular complexity index is 1430. The number of amides is 4. The van der Waals surface area contributed by atoms with E-state index in [1.165, 1.54) is 14.2 Å². The molecule has 0 spiro atoms. The van der Waals surface area contributed by atoms with Crippen LogP contribution in [0.5, 0.6) is 23.0 Å². The van der Waals surface area contributed by atoms with Crippen molar-refractivity contribution < 1.29 is 33.4 Å². The standard InChI is InChI=1S/C35H50N6O7/c1-24(2)33-35(45)37-21-26-27(46-4)10-8-11-28(26)48-30-20-25(12-13-29(30)47-5)34(44)36-14-6-7-17-41(22-31(42)38-33)32(43)23-40-16-9-15-39(3)18-19-40/h8,10-13,20,24,33H,6-7,9,14-19,21-23H2,1-5H3,(H,36,44)(H,37,45)(H,38,42)/t33-/m1/s1. The van der Waals surface area contributed by atoms with Gasteiger partial charge in [0, 0.05) is 31.7 Å². The van der Waals surface area contributed by atoms with Gasteiger partial charge in [-0.05, 0) is 75.6 Å². The van der Waals surface area contributed by atoms with Crippen LogP contribution in [0.1, 0.15) is 49.0 Å². The molecule has 48 heavy (non-hydrogen) atoms. The highest BCUT2D eigenvalue weighted by Crippen LogP contribution is 2.37. The lowest BCUT2D eigenvalue weighted by molar-refractivity contribution is -0.138. The number of carbonyl (C=O) groups is 4. The fourth-order valence-electron chi connectivity index (χ4n) is 5.81. The molecule has 1 saturated heterocycles. The number of hydrogen-bond donors (Lipinski definition) is 3. The maximum Gasteiger partial charge on any atom is 0.251 e. The number of benzene rings is 2. The van der Waals surface area contributed by atoms with Gasteiger partial charge in [-0.1, -0.05) is 19.9 Å². The molecule has 4 rings (SSSR count). The number of nitrogens with one attached hydrogen (secondary N) is 3. The summed E-state index contributed by atoms with van der Waals surface area (Å²) < 4.78 is 17.4. The van der Waals surface area contributed by atoms with Crippen LogP contribution >= 0.6 is 0 Å². The first-order chi connectivity index (χ1) is 23.1. The topological polar surface area (TPSA) is 142 Å². The Labute approximate surface area is 283 Å². The minimum atomic E-state index is -0.841. The number of methoxy groups -OCH3 is 2. The summed E-state index contributed by atoms with van der Waals surface area (Å²) in [5.41, 5.74) is 0.944. The first-order valence-corrected chi connectivity index (χ1v) is 16.6. The Hall–Kier alpha value is -4.36. The van der Waals surface area contributed by atoms with Crippen molar-refractivity contribution >= 4 is 23.6 Å². The minimum absolute atomic E-state index is 0.0371. The lowest BCUT2D eigenvalue weighted by Crippen LogP contribution is -2.53. The average Bonchev–Trinajstić information content (AvgIpc) is 3.28. The van der Waals surface area contributed by atoms with Gasteiger partial charge in [-0.15, -0.1) is 0 Å². The summed E-state index contributed by atoms with van der Waals surface area (Å²) in [7, 11) is 5.11. The van der Waals surface area contributed by atoms with E-state index < -0.39 is 11.9 Å². The molecule has 2 aromatic carbocycles. The van der Waals surface area contributed by atoms with Crippen molar-refractivity contribution in [2.45, 2.75) is 45.7 Å². The first-order valence-electron chi connectivity index (χ1n) is 16.6. The van der Waals surface area contributed by atoms with Crippen molar-refractivity contribution in [1.82, 2.24) is 30.7 Å². The van der Waals surface area contributed by atoms with Gasteiger partial charge in [-0.2, -0.15) is 0 Å². The van der Waals surface area contributed by atoms with Gasteiger partial charge in [0.05, 0.1) is 39.4 Å². The van der Waals surface area contributed by atoms with E-state index in [0.29, 0.717) is 60.1 Å². The molecule has 3 N–H and O–H groups in total. The normalized spacial score (nSPS) is 19.6. The van der Waals surface area contributed by atoms with Crippen molar-refractivity contribution in [1.29, 1.82) is 0 Å². The molecule has 2 aliphatic heterocycles. The van der Waals surface area contributed by atoms with E-state index in [1.807, 2.05) is 13.8 Å². The summed E-state index contributed by atoms with van der Waals surface area (Å²) in [5.74, 6) is 0.176. The zero-order chi connectivity index (χ0) is 34.6. The molecule has 2 bridgehead atoms. The van der Waals surface area contributed by atoms with Gasteiger partial charge in [0.1, 0.15) is 17.5 Å². The Morgan fingerprint density at radius 1 is 0.917 bits per heavy atom. The van der Waals surface area contributed by atoms with Crippen LogP contribution in [0.2, 0.25) is 0 Å². The molecule has 0 aliphatic carbocycles. The molecular weight excluding hydrogens is 616 g/mol. The van der Waals surface area contributed by atoms with E-state index in [2.05, 4.69) is 32.8 Å². The van der Waals surface area contributed by atoms with E-state index >= 15 is 0 Å². The lowest BCUT2D eigenvalue weighted by Gasteiger charge is -2.28. The Kier molecular flexibility index (Phi) is 13.4. The Morgan fingerprint density at radius 2 is 1.71 bits per heavy atom. The number of hydrogen-bond acceptors (Lipinski definition) is 9. The second kappa shape index (κ2) is 17.7. The monoisotopic (exact) mass is 666 g/mol. The molecule has 1 atom stereocenters. The quantitative estimate of drug-likeness (QED) is 0.438. The minimum Gasteiger partial charge on any atom is -0.496 e. The molecule has 13 heteroatoms. The van der Waals surface area contributed by atoms with Gasteiger partial charge in [0.25, 0.3) is 5.91 Å². The summed E-state index contributed by atoms with van der Waals surface area (Å²) >= 11 is 0. The molecule has 0 saturated carbocycles. The third-order valence-corrected chi connectivity index (χ3v) is 8.66. The van der Waals surface area contributed by atoms with Gasteiger partial charge >= 0.3 is 0 Å². The Balaban J connectivity index is 1.60. The number of rotatable bonds is 5. The second-order valence-electron chi connectivity index (χ2n) is 12.6. The van der Waals surface area contributed by atoms with E-state index in [0.717, 1.165) is 32.6 Å². The van der Waals surface area contributed by atoms with Gasteiger partial charge in [-0.3, -0.25) is 24.1 Å². The fourth-order valence-corrected chi connectivity index (χ4v) is 5.81. The SMILES string of the molecule is COc1ccc2cc1Oc1cccc(OC)c1CNC(=O)[C@@H](C(C)C)NC(=O)CN(C(=O)CN1CCCN(C)CC1)CCCCNC2=O. The fraction of sp³-hybridized carbons (Fsp3) is 0.543. The summed E-state index contributed by atoms with van der Waals surface area (Å²) in [5, 5.41) is 8.74. The smallest absolute Gasteiger partial charge is 0.251 e. The molecule has 2 heterocycles. The highest BCUT2D eigenvalue weighted by Gasteiger charge is 2.28. The largest absolute Gasteiger partial charge is 0.496 e. The zero-order valence-corrected chi connectivity index (χ0v) is 28.8. The summed E-state index contributed by atoms with van der Waals surface area (Å²) in [6, 6.07) is 9.35. The van der Waals surface area contributed by atoms with Crippen LogP contribution in [0.4, 0.5) is 0 Å². The predicted molar refractivity (Wildman–Crippen MR) is 181 cm³/mol.